The molecule has 2 atom stereocenters. The number of hydrogen-bond donors (Lipinski definition) is 3. The van der Waals surface area contributed by atoms with Crippen LogP contribution in [0.4, 0.5) is 14.9 Å². The Morgan fingerprint density at radius 1 is 1.17 bits per heavy atom. The highest BCUT2D eigenvalue weighted by molar-refractivity contribution is 6.01. The number of amides is 3. The average Bonchev–Trinajstić information content (AvgIpc) is 3.16. The maximum atomic E-state index is 13.6. The first-order valence-corrected chi connectivity index (χ1v) is 9.43. The average molecular weight is 402 g/mol. The van der Waals surface area contributed by atoms with E-state index in [9.17, 15) is 14.0 Å². The lowest BCUT2D eigenvalue weighted by atomic mass is 10.0. The molecule has 0 spiro atoms. The third kappa shape index (κ3) is 5.03. The quantitative estimate of drug-likeness (QED) is 0.690. The van der Waals surface area contributed by atoms with Gasteiger partial charge in [0.1, 0.15) is 23.4 Å². The van der Waals surface area contributed by atoms with Crippen molar-refractivity contribution in [3.8, 4) is 11.5 Å². The van der Waals surface area contributed by atoms with Crippen LogP contribution in [0.2, 0.25) is 0 Å². The molecule has 0 aromatic heterocycles. The monoisotopic (exact) mass is 402 g/mol. The Labute approximate surface area is 168 Å². The maximum Gasteiger partial charge on any atom is 0.326 e. The number of carbonyl (C=O) groups is 2. The van der Waals surface area contributed by atoms with Gasteiger partial charge in [-0.15, -0.1) is 0 Å². The minimum atomic E-state index is -0.753. The molecule has 3 amide bonds. The molecule has 0 aliphatic carbocycles. The Kier molecular flexibility index (Phi) is 6.66. The van der Waals surface area contributed by atoms with Crippen LogP contribution in [0, 0.1) is 5.82 Å². The summed E-state index contributed by atoms with van der Waals surface area (Å²) in [6, 6.07) is 10.8. The zero-order valence-corrected chi connectivity index (χ0v) is 16.5. The van der Waals surface area contributed by atoms with Crippen molar-refractivity contribution in [2.45, 2.75) is 18.9 Å². The molecule has 8 heteroatoms. The normalized spacial score (nSPS) is 18.2. The molecule has 1 aliphatic rings. The van der Waals surface area contributed by atoms with Crippen LogP contribution >= 0.6 is 0 Å². The van der Waals surface area contributed by atoms with Crippen molar-refractivity contribution < 1.29 is 28.4 Å². The fraction of sp³-hybridized carbons (Fsp3) is 0.333. The number of ether oxygens (including phenoxy) is 2. The van der Waals surface area contributed by atoms with Crippen molar-refractivity contribution in [3.63, 3.8) is 0 Å². The van der Waals surface area contributed by atoms with E-state index in [1.807, 2.05) is 18.2 Å². The second kappa shape index (κ2) is 9.38. The first kappa shape index (κ1) is 20.6. The summed E-state index contributed by atoms with van der Waals surface area (Å²) in [5.74, 6) is 0.430. The molecule has 154 valence electrons. The maximum absolute atomic E-state index is 13.6. The van der Waals surface area contributed by atoms with Crippen molar-refractivity contribution in [2.24, 2.45) is 0 Å². The lowest BCUT2D eigenvalue weighted by Crippen LogP contribution is -3.11. The predicted molar refractivity (Wildman–Crippen MR) is 106 cm³/mol. The number of para-hydroxylation sites is 1. The molecule has 1 unspecified atom stereocenters. The highest BCUT2D eigenvalue weighted by Gasteiger charge is 2.34. The number of benzene rings is 2. The molecule has 1 fully saturated rings. The number of quaternary nitrogens is 1. The van der Waals surface area contributed by atoms with Gasteiger partial charge < -0.3 is 19.7 Å². The van der Waals surface area contributed by atoms with Crippen LogP contribution in [0.15, 0.2) is 42.5 Å². The summed E-state index contributed by atoms with van der Waals surface area (Å²) in [4.78, 5) is 25.4. The molecule has 1 heterocycles. The number of methoxy groups -OCH3 is 2. The Balaban J connectivity index is 1.62. The van der Waals surface area contributed by atoms with Gasteiger partial charge in [-0.3, -0.25) is 10.1 Å². The molecule has 7 nitrogen and oxygen atoms in total. The number of nitrogens with one attached hydrogen (secondary N) is 3. The van der Waals surface area contributed by atoms with E-state index in [0.717, 1.165) is 29.8 Å². The highest BCUT2D eigenvalue weighted by atomic mass is 19.1. The summed E-state index contributed by atoms with van der Waals surface area (Å²) in [6.45, 7) is 0.937. The third-order valence-electron chi connectivity index (χ3n) is 5.06. The van der Waals surface area contributed by atoms with Crippen LogP contribution in [-0.2, 0) is 4.79 Å². The van der Waals surface area contributed by atoms with Crippen molar-refractivity contribution >= 4 is 17.6 Å². The zero-order valence-electron chi connectivity index (χ0n) is 16.5. The number of halogens is 1. The summed E-state index contributed by atoms with van der Waals surface area (Å²) in [5, 5.41) is 4.62. The van der Waals surface area contributed by atoms with Crippen molar-refractivity contribution in [2.75, 3.05) is 32.6 Å². The zero-order chi connectivity index (χ0) is 20.8. The SMILES string of the molecule is COc1ccc([C@H]2CCC[NH+]2CC(=O)NC(=O)Nc2ccccc2F)c(OC)c1. The third-order valence-corrected chi connectivity index (χ3v) is 5.06. The summed E-state index contributed by atoms with van der Waals surface area (Å²) >= 11 is 0. The van der Waals surface area contributed by atoms with Gasteiger partial charge in [-0.2, -0.15) is 0 Å². The standard InChI is InChI=1S/C21H24FN3O4/c1-28-14-9-10-15(19(12-14)29-2)18-8-5-11-25(18)13-20(26)24-21(27)23-17-7-4-3-6-16(17)22/h3-4,6-7,9-10,12,18H,5,8,11,13H2,1-2H3,(H2,23,24,26,27)/p+1/t18-/m1/s1. The minimum Gasteiger partial charge on any atom is -0.497 e. The number of urea groups is 1. The van der Waals surface area contributed by atoms with E-state index >= 15 is 0 Å². The van der Waals surface area contributed by atoms with Gasteiger partial charge in [0, 0.05) is 18.9 Å². The number of carbonyl (C=O) groups excluding carboxylic acids is 2. The second-order valence-electron chi connectivity index (χ2n) is 6.87. The van der Waals surface area contributed by atoms with Crippen molar-refractivity contribution in [1.29, 1.82) is 0 Å². The lowest BCUT2D eigenvalue weighted by molar-refractivity contribution is -0.910. The molecule has 0 saturated carbocycles. The number of anilines is 1. The van der Waals surface area contributed by atoms with Gasteiger partial charge in [-0.05, 0) is 24.3 Å². The molecule has 0 radical (unpaired) electrons. The van der Waals surface area contributed by atoms with Crippen LogP contribution in [0.3, 0.4) is 0 Å². The van der Waals surface area contributed by atoms with Crippen molar-refractivity contribution in [1.82, 2.24) is 5.32 Å². The van der Waals surface area contributed by atoms with E-state index in [4.69, 9.17) is 9.47 Å². The minimum absolute atomic E-state index is 0.0205. The largest absolute Gasteiger partial charge is 0.497 e. The van der Waals surface area contributed by atoms with E-state index < -0.39 is 17.8 Å². The number of imide groups is 1. The van der Waals surface area contributed by atoms with Gasteiger partial charge in [-0.25, -0.2) is 9.18 Å². The van der Waals surface area contributed by atoms with Gasteiger partial charge >= 0.3 is 6.03 Å². The van der Waals surface area contributed by atoms with Gasteiger partial charge in [0.05, 0.1) is 32.0 Å². The van der Waals surface area contributed by atoms with Crippen LogP contribution in [0.1, 0.15) is 24.4 Å². The number of likely N-dealkylation sites (tertiary alicyclic amines) is 1. The molecule has 1 aliphatic heterocycles. The highest BCUT2D eigenvalue weighted by Crippen LogP contribution is 2.31. The van der Waals surface area contributed by atoms with Crippen LogP contribution in [0.5, 0.6) is 11.5 Å². The summed E-state index contributed by atoms with van der Waals surface area (Å²) in [7, 11) is 3.20. The Bertz CT molecular complexity index is 890. The Morgan fingerprint density at radius 3 is 2.69 bits per heavy atom. The number of rotatable bonds is 6. The molecule has 0 bridgehead atoms. The smallest absolute Gasteiger partial charge is 0.326 e. The Hall–Kier alpha value is -3.13. The van der Waals surface area contributed by atoms with E-state index in [-0.39, 0.29) is 18.3 Å². The van der Waals surface area contributed by atoms with Crippen LogP contribution < -0.4 is 25.0 Å². The van der Waals surface area contributed by atoms with E-state index in [2.05, 4.69) is 10.6 Å². The molecule has 3 N–H and O–H groups in total. The van der Waals surface area contributed by atoms with Gasteiger partial charge in [-0.1, -0.05) is 12.1 Å². The fourth-order valence-electron chi connectivity index (χ4n) is 3.70. The molecule has 3 rings (SSSR count). The fourth-order valence-corrected chi connectivity index (χ4v) is 3.70. The predicted octanol–water partition coefficient (Wildman–Crippen LogP) is 1.91. The Morgan fingerprint density at radius 2 is 1.97 bits per heavy atom. The molecular formula is C21H25FN3O4+. The first-order valence-electron chi connectivity index (χ1n) is 9.43. The van der Waals surface area contributed by atoms with Crippen molar-refractivity contribution in [3.05, 3.63) is 53.8 Å². The van der Waals surface area contributed by atoms with E-state index in [1.54, 1.807) is 20.3 Å². The lowest BCUT2D eigenvalue weighted by Gasteiger charge is -2.23. The second-order valence-corrected chi connectivity index (χ2v) is 6.87. The molecule has 29 heavy (non-hydrogen) atoms. The van der Waals surface area contributed by atoms with Crippen LogP contribution in [-0.4, -0.2) is 39.2 Å². The molecule has 2 aromatic carbocycles. The summed E-state index contributed by atoms with van der Waals surface area (Å²) < 4.78 is 24.4. The topological polar surface area (TPSA) is 81.1 Å². The van der Waals surface area contributed by atoms with Gasteiger partial charge in [0.25, 0.3) is 5.91 Å². The summed E-state index contributed by atoms with van der Waals surface area (Å²) in [6.07, 6.45) is 1.87. The molecule has 2 aromatic rings. The van der Waals surface area contributed by atoms with Gasteiger partial charge in [0.2, 0.25) is 0 Å². The van der Waals surface area contributed by atoms with E-state index in [0.29, 0.717) is 11.5 Å². The first-order chi connectivity index (χ1) is 14.0. The molecular weight excluding hydrogens is 377 g/mol. The van der Waals surface area contributed by atoms with E-state index in [1.165, 1.54) is 18.2 Å². The number of hydrogen-bond acceptors (Lipinski definition) is 4. The van der Waals surface area contributed by atoms with Crippen LogP contribution in [0.25, 0.3) is 0 Å². The molecule has 1 saturated heterocycles. The summed E-state index contributed by atoms with van der Waals surface area (Å²) in [5.41, 5.74) is 1.02. The van der Waals surface area contributed by atoms with Gasteiger partial charge in [0.15, 0.2) is 6.54 Å².